The normalized spacial score (nSPS) is 14.5. The Labute approximate surface area is 116 Å². The predicted molar refractivity (Wildman–Crippen MR) is 75.7 cm³/mol. The maximum absolute atomic E-state index is 10.8. The van der Waals surface area contributed by atoms with Crippen LogP contribution in [-0.4, -0.2) is 37.1 Å². The second-order valence-electron chi connectivity index (χ2n) is 6.64. The Morgan fingerprint density at radius 3 is 1.89 bits per heavy atom. The third-order valence-corrected chi connectivity index (χ3v) is 8.27. The highest BCUT2D eigenvalue weighted by Gasteiger charge is 2.37. The Kier molecular flexibility index (Phi) is 6.22. The zero-order valence-electron chi connectivity index (χ0n) is 12.7. The first-order valence-corrected chi connectivity index (χ1v) is 9.39. The van der Waals surface area contributed by atoms with E-state index < -0.39 is 26.2 Å². The molecule has 0 unspecified atom stereocenters. The van der Waals surface area contributed by atoms with Crippen molar-refractivity contribution >= 4 is 20.3 Å². The molecule has 1 atom stereocenters. The summed E-state index contributed by atoms with van der Waals surface area (Å²) >= 11 is 0. The van der Waals surface area contributed by atoms with Crippen LogP contribution in [0.5, 0.6) is 0 Å². The van der Waals surface area contributed by atoms with Crippen molar-refractivity contribution in [2.75, 3.05) is 6.61 Å². The van der Waals surface area contributed by atoms with Crippen LogP contribution in [0.4, 0.5) is 0 Å². The maximum Gasteiger partial charge on any atom is 0.317 e. The van der Waals surface area contributed by atoms with Crippen LogP contribution in [0.25, 0.3) is 0 Å². The van der Waals surface area contributed by atoms with Gasteiger partial charge >= 0.3 is 11.9 Å². The summed E-state index contributed by atoms with van der Waals surface area (Å²) in [6.07, 6.45) is 0.0965. The molecule has 0 radical (unpaired) electrons. The van der Waals surface area contributed by atoms with Crippen molar-refractivity contribution in [3.63, 3.8) is 0 Å². The van der Waals surface area contributed by atoms with Crippen LogP contribution in [0.2, 0.25) is 18.1 Å². The van der Waals surface area contributed by atoms with Crippen molar-refractivity contribution in [1.82, 2.24) is 0 Å². The molecule has 2 N–H and O–H groups in total. The quantitative estimate of drug-likeness (QED) is 0.556. The number of carboxylic acid groups (broad SMARTS) is 2. The Balaban J connectivity index is 4.44. The number of hydrogen-bond donors (Lipinski definition) is 2. The van der Waals surface area contributed by atoms with Gasteiger partial charge in [-0.1, -0.05) is 27.7 Å². The molecule has 0 fully saturated rings. The molecule has 0 aromatic heterocycles. The minimum Gasteiger partial charge on any atom is -0.481 e. The highest BCUT2D eigenvalue weighted by molar-refractivity contribution is 6.74. The lowest BCUT2D eigenvalue weighted by atomic mass is 9.97. The van der Waals surface area contributed by atoms with E-state index >= 15 is 0 Å². The van der Waals surface area contributed by atoms with Crippen molar-refractivity contribution in [2.45, 2.75) is 52.2 Å². The van der Waals surface area contributed by atoms with E-state index in [1.807, 2.05) is 6.92 Å². The summed E-state index contributed by atoms with van der Waals surface area (Å²) in [6, 6.07) is 0. The lowest BCUT2D eigenvalue weighted by molar-refractivity contribution is -0.155. The van der Waals surface area contributed by atoms with Crippen LogP contribution in [0.3, 0.4) is 0 Å². The van der Waals surface area contributed by atoms with Crippen molar-refractivity contribution in [3.8, 4) is 0 Å². The van der Waals surface area contributed by atoms with Gasteiger partial charge in [0.25, 0.3) is 0 Å². The van der Waals surface area contributed by atoms with Crippen LogP contribution in [0, 0.1) is 11.8 Å². The molecule has 0 aliphatic carbocycles. The zero-order valence-corrected chi connectivity index (χ0v) is 13.7. The van der Waals surface area contributed by atoms with E-state index in [2.05, 4.69) is 33.9 Å². The molecule has 5 nitrogen and oxygen atoms in total. The molecule has 6 heteroatoms. The molecule has 0 rings (SSSR count). The van der Waals surface area contributed by atoms with Gasteiger partial charge in [-0.2, -0.15) is 0 Å². The summed E-state index contributed by atoms with van der Waals surface area (Å²) in [7, 11) is -1.87. The molecule has 0 aliphatic rings. The van der Waals surface area contributed by atoms with Gasteiger partial charge < -0.3 is 14.6 Å². The minimum absolute atomic E-state index is 0.0890. The molecule has 0 spiro atoms. The van der Waals surface area contributed by atoms with E-state index in [1.165, 1.54) is 0 Å². The molecular formula is C13H26O5Si. The van der Waals surface area contributed by atoms with Crippen LogP contribution < -0.4 is 0 Å². The lowest BCUT2D eigenvalue weighted by Crippen LogP contribution is -2.42. The average Bonchev–Trinajstić information content (AvgIpc) is 2.20. The highest BCUT2D eigenvalue weighted by Crippen LogP contribution is 2.36. The monoisotopic (exact) mass is 290 g/mol. The zero-order chi connectivity index (χ0) is 15.4. The second kappa shape index (κ2) is 6.52. The maximum atomic E-state index is 10.8. The first-order valence-electron chi connectivity index (χ1n) is 6.48. The van der Waals surface area contributed by atoms with Crippen molar-refractivity contribution in [3.05, 3.63) is 0 Å². The molecule has 0 saturated heterocycles. The molecule has 0 heterocycles. The van der Waals surface area contributed by atoms with Crippen LogP contribution in [0.1, 0.15) is 34.1 Å². The lowest BCUT2D eigenvalue weighted by Gasteiger charge is -2.37. The average molecular weight is 290 g/mol. The molecule has 112 valence electrons. The number of carbonyl (C=O) groups is 2. The number of aliphatic carboxylic acids is 2. The topological polar surface area (TPSA) is 83.8 Å². The molecule has 0 bridgehead atoms. The van der Waals surface area contributed by atoms with E-state index in [-0.39, 0.29) is 17.4 Å². The summed E-state index contributed by atoms with van der Waals surface area (Å²) < 4.78 is 5.97. The largest absolute Gasteiger partial charge is 0.481 e. The minimum atomic E-state index is -1.87. The van der Waals surface area contributed by atoms with E-state index in [0.29, 0.717) is 6.61 Å². The SMILES string of the molecule is C[C@@H](CO[Si](C)(C)C(C)(C)C)CC(C(=O)O)C(=O)O. The third kappa shape index (κ3) is 5.73. The molecule has 0 amide bonds. The third-order valence-electron chi connectivity index (χ3n) is 3.77. The van der Waals surface area contributed by atoms with Crippen molar-refractivity contribution < 1.29 is 24.2 Å². The fraction of sp³-hybridized carbons (Fsp3) is 0.846. The summed E-state index contributed by atoms with van der Waals surface area (Å²) in [5.74, 6) is -4.01. The van der Waals surface area contributed by atoms with Gasteiger partial charge in [-0.25, -0.2) is 0 Å². The van der Waals surface area contributed by atoms with E-state index in [1.54, 1.807) is 0 Å². The fourth-order valence-electron chi connectivity index (χ4n) is 1.34. The van der Waals surface area contributed by atoms with Crippen LogP contribution in [0.15, 0.2) is 0 Å². The number of hydrogen-bond acceptors (Lipinski definition) is 3. The molecule has 0 aliphatic heterocycles. The van der Waals surface area contributed by atoms with Crippen molar-refractivity contribution in [1.29, 1.82) is 0 Å². The van der Waals surface area contributed by atoms with E-state index in [4.69, 9.17) is 14.6 Å². The van der Waals surface area contributed by atoms with Gasteiger partial charge in [0, 0.05) is 6.61 Å². The summed E-state index contributed by atoms with van der Waals surface area (Å²) in [5.41, 5.74) is 0. The number of carboxylic acids is 2. The van der Waals surface area contributed by atoms with Gasteiger partial charge in [-0.05, 0) is 30.5 Å². The molecular weight excluding hydrogens is 264 g/mol. The van der Waals surface area contributed by atoms with Gasteiger partial charge in [0.15, 0.2) is 14.2 Å². The Bertz CT molecular complexity index is 318. The predicted octanol–water partition coefficient (Wildman–Crippen LogP) is 2.82. The number of rotatable bonds is 7. The van der Waals surface area contributed by atoms with Gasteiger partial charge in [0.1, 0.15) is 0 Å². The smallest absolute Gasteiger partial charge is 0.317 e. The molecule has 19 heavy (non-hydrogen) atoms. The molecule has 0 aromatic carbocycles. The van der Waals surface area contributed by atoms with E-state index in [0.717, 1.165) is 0 Å². The van der Waals surface area contributed by atoms with Gasteiger partial charge in [0.2, 0.25) is 0 Å². The summed E-state index contributed by atoms with van der Waals surface area (Å²) in [5, 5.41) is 17.8. The Hall–Kier alpha value is -0.883. The van der Waals surface area contributed by atoms with E-state index in [9.17, 15) is 9.59 Å². The Morgan fingerprint density at radius 1 is 1.16 bits per heavy atom. The van der Waals surface area contributed by atoms with Gasteiger partial charge in [0.05, 0.1) is 0 Å². The molecule has 0 saturated carbocycles. The van der Waals surface area contributed by atoms with Crippen LogP contribution >= 0.6 is 0 Å². The van der Waals surface area contributed by atoms with Gasteiger partial charge in [-0.15, -0.1) is 0 Å². The summed E-state index contributed by atoms with van der Waals surface area (Å²) in [4.78, 5) is 21.6. The van der Waals surface area contributed by atoms with Gasteiger partial charge in [-0.3, -0.25) is 9.59 Å². The molecule has 0 aromatic rings. The van der Waals surface area contributed by atoms with Crippen molar-refractivity contribution in [2.24, 2.45) is 11.8 Å². The standard InChI is InChI=1S/C13H26O5Si/c1-9(7-10(11(14)15)12(16)17)8-18-19(5,6)13(2,3)4/h9-10H,7-8H2,1-6H3,(H,14,15)(H,16,17)/t9-/m1/s1. The first kappa shape index (κ1) is 18.1. The first-order chi connectivity index (χ1) is 8.38. The second-order valence-corrected chi connectivity index (χ2v) is 11.5. The highest BCUT2D eigenvalue weighted by atomic mass is 28.4. The van der Waals surface area contributed by atoms with Crippen LogP contribution in [-0.2, 0) is 14.0 Å². The summed E-state index contributed by atoms with van der Waals surface area (Å²) in [6.45, 7) is 12.8. The Morgan fingerprint density at radius 2 is 1.58 bits per heavy atom. The fourth-order valence-corrected chi connectivity index (χ4v) is 2.48.